The van der Waals surface area contributed by atoms with Gasteiger partial charge >= 0.3 is 17.6 Å². The molecule has 0 spiro atoms. The zero-order valence-electron chi connectivity index (χ0n) is 65.1. The number of rotatable bonds is 29. The molecule has 2 saturated heterocycles. The van der Waals surface area contributed by atoms with Crippen LogP contribution in [0, 0.1) is 66.5 Å². The molecule has 5 aromatic rings. The zero-order valence-corrected chi connectivity index (χ0v) is 66.7. The number of cyclic esters (lactones) is 1. The van der Waals surface area contributed by atoms with Crippen LogP contribution in [-0.2, 0) is 74.9 Å². The van der Waals surface area contributed by atoms with Crippen LogP contribution < -0.4 is 58.6 Å². The summed E-state index contributed by atoms with van der Waals surface area (Å²) in [5.74, 6) is -3.83. The van der Waals surface area contributed by atoms with E-state index in [1.54, 1.807) is 45.3 Å². The predicted octanol–water partition coefficient (Wildman–Crippen LogP) is 0.331. The average molecular weight is 1720 g/mol. The molecule has 5 aliphatic rings. The van der Waals surface area contributed by atoms with Gasteiger partial charge in [-0.1, -0.05) is 82.2 Å². The number of aliphatic hydroxyl groups is 6. The number of nitrogens with two attached hydrogens (primary N) is 1. The number of piperazine rings is 1. The molecule has 5 aliphatic heterocycles. The Bertz CT molecular complexity index is 4380. The van der Waals surface area contributed by atoms with E-state index in [9.17, 15) is 78.6 Å². The minimum atomic E-state index is -1.85. The summed E-state index contributed by atoms with van der Waals surface area (Å²) in [6.07, 6.45) is -6.54. The third kappa shape index (κ3) is 21.5. The van der Waals surface area contributed by atoms with Gasteiger partial charge in [-0.2, -0.15) is 4.98 Å². The number of likely N-dealkylation sites (N-methyl/N-ethyl adjacent to an activating group) is 1. The number of aromatic nitrogens is 6. The molecule has 0 saturated carbocycles. The summed E-state index contributed by atoms with van der Waals surface area (Å²) in [5, 5.41) is 85.3. The molecular formula is C75H110LuN14O21. The van der Waals surface area contributed by atoms with Crippen LogP contribution in [0.1, 0.15) is 150 Å². The van der Waals surface area contributed by atoms with Crippen LogP contribution in [0.2, 0.25) is 0 Å². The van der Waals surface area contributed by atoms with Gasteiger partial charge in [0.2, 0.25) is 35.5 Å². The van der Waals surface area contributed by atoms with Crippen molar-refractivity contribution in [3.05, 3.63) is 84.3 Å². The second-order valence-corrected chi connectivity index (χ2v) is 30.8. The van der Waals surface area contributed by atoms with E-state index >= 15 is 0 Å². The number of imidazole rings is 1. The molecule has 621 valence electrons. The number of aromatic amines is 1. The number of amides is 5. The van der Waals surface area contributed by atoms with Gasteiger partial charge in [0, 0.05) is 105 Å². The number of nitrogen functional groups attached to an aromatic ring is 1. The Balaban J connectivity index is 0.000000241. The van der Waals surface area contributed by atoms with Crippen LogP contribution >= 0.6 is 0 Å². The van der Waals surface area contributed by atoms with Gasteiger partial charge in [-0.3, -0.25) is 52.8 Å². The van der Waals surface area contributed by atoms with Crippen molar-refractivity contribution in [3.63, 3.8) is 0 Å². The summed E-state index contributed by atoms with van der Waals surface area (Å²) in [7, 11) is 2.14. The van der Waals surface area contributed by atoms with Crippen LogP contribution in [0.3, 0.4) is 0 Å². The fourth-order valence-corrected chi connectivity index (χ4v) is 14.1. The Morgan fingerprint density at radius 3 is 1.87 bits per heavy atom. The van der Waals surface area contributed by atoms with Gasteiger partial charge in [-0.05, 0) is 80.5 Å². The van der Waals surface area contributed by atoms with E-state index in [0.717, 1.165) is 63.9 Å². The first-order valence-electron chi connectivity index (χ1n) is 37.5. The number of carbonyl (C=O) groups excluding carboxylic acids is 6. The van der Waals surface area contributed by atoms with Gasteiger partial charge in [0.1, 0.15) is 56.3 Å². The largest absolute Gasteiger partial charge is 0.486 e. The zero-order chi connectivity index (χ0) is 81.2. The summed E-state index contributed by atoms with van der Waals surface area (Å²) in [6, 6.07) is 1.08. The summed E-state index contributed by atoms with van der Waals surface area (Å²) in [4.78, 5) is 143. The predicted molar refractivity (Wildman–Crippen MR) is 403 cm³/mol. The maximum absolute atomic E-state index is 13.7. The molecule has 35 nitrogen and oxygen atoms in total. The maximum Gasteiger partial charge on any atom is 0.343 e. The number of nitrogens with one attached hydrogen (secondary N) is 6. The number of aliphatic carboxylic acids is 1. The molecule has 0 unspecified atom stereocenters. The van der Waals surface area contributed by atoms with Crippen LogP contribution in [0.5, 0.6) is 11.5 Å². The van der Waals surface area contributed by atoms with Crippen molar-refractivity contribution < 1.29 is 125 Å². The molecule has 9 heterocycles. The van der Waals surface area contributed by atoms with E-state index in [4.69, 9.17) is 34.8 Å². The summed E-state index contributed by atoms with van der Waals surface area (Å²) in [5.41, 5.74) is 6.77. The van der Waals surface area contributed by atoms with Crippen molar-refractivity contribution in [2.45, 2.75) is 220 Å². The number of carboxylic acid groups (broad SMARTS) is 1. The molecule has 4 aromatic heterocycles. The molecule has 36 heteroatoms. The number of hydrogen-bond acceptors (Lipinski definition) is 25. The van der Waals surface area contributed by atoms with Gasteiger partial charge in [0.25, 0.3) is 11.1 Å². The van der Waals surface area contributed by atoms with Crippen molar-refractivity contribution in [2.24, 2.45) is 29.6 Å². The monoisotopic (exact) mass is 1720 g/mol. The van der Waals surface area contributed by atoms with Crippen molar-refractivity contribution in [3.8, 4) is 22.9 Å². The van der Waals surface area contributed by atoms with Crippen molar-refractivity contribution >= 4 is 69.5 Å². The van der Waals surface area contributed by atoms with Gasteiger partial charge in [0.15, 0.2) is 34.5 Å². The summed E-state index contributed by atoms with van der Waals surface area (Å²) >= 11 is 0. The molecule has 2 fully saturated rings. The Hall–Kier alpha value is -7.97. The van der Waals surface area contributed by atoms with Crippen molar-refractivity contribution in [1.29, 1.82) is 0 Å². The normalized spacial score (nSPS) is 20.6. The number of carboxylic acids is 1. The fourth-order valence-electron chi connectivity index (χ4n) is 14.1. The molecule has 0 bridgehead atoms. The Morgan fingerprint density at radius 1 is 0.739 bits per heavy atom. The quantitative estimate of drug-likeness (QED) is 0.0222. The number of H-pyrrole nitrogens is 1. The van der Waals surface area contributed by atoms with Gasteiger partial charge < -0.3 is 96.5 Å². The molecule has 1 radical (unpaired) electrons. The number of hydrogen-bond donors (Lipinski definition) is 14. The van der Waals surface area contributed by atoms with E-state index in [1.165, 1.54) is 13.0 Å². The number of esters is 1. The molecule has 5 amide bonds. The Morgan fingerprint density at radius 2 is 1.32 bits per heavy atom. The number of fused-ring (bicyclic) bond motifs is 7. The number of nitrogens with zero attached hydrogens (tertiary/aromatic N) is 7. The number of ether oxygens (including phenoxy) is 4. The number of allylic oxidation sites excluding steroid dienone is 1. The molecule has 111 heavy (non-hydrogen) atoms. The first kappa shape index (κ1) is 90.2. The topological polar surface area (TPSA) is 498 Å². The molecule has 0 aliphatic carbocycles. The SMILES string of the molecule is C=CCn1c(=O)n([C@@H]2O[C@H](CO)[C@@H](O)[C@H]2O)c2nc(N)[nH]c(=O)c21.CC(C)CC(=O)N[C@H](C(=O)N[C@H](C(=O)N[C@@H](CC(C)C)[C@@H](O)CC(=O)N[C@@H](C)C(=O)N[C@@H](CC(C)C)[C@@H](O)CC(=O)O)C(C)C)C(C)C.CC[C@@]1(O)C(=O)OCc2c1cc1n(c2=O)Cc2c-1nc1cc3c(cc1c2CN1CCN(C)CC1)OCCO3.[Lu]. The minimum Gasteiger partial charge on any atom is -0.486 e. The van der Waals surface area contributed by atoms with Gasteiger partial charge in [0.05, 0.1) is 72.8 Å². The average Bonchev–Trinajstić information content (AvgIpc) is 1.58. The number of aliphatic hydroxyl groups excluding tert-OH is 5. The standard InChI is InChI=1S/C34H63N5O9.C28H30N4O6.C13H17N5O6.Lu/c1-17(2)12-23(37-33(47)31(21(9)10)39-34(48)30(20(7)8)38-27(42)14-19(5)6)25(40)15-28(43)35-22(11)32(46)36-24(13-18(3)4)26(41)16-29(44)45;1-3-28(35)20-11-22-25-18(14-32(22)26(33)19(20)15-38-27(28)34)17(13-31-6-4-30(2)5-7-31)16-10-23-24(12-21(16)29-25)37-9-8-36-23;1-2-3-17-6-9(15-12(14)16-10(6)22)18(13(17)23)11-8(21)7(20)5(4-19)24-11;/h17-26,30-31,40-41H,12-16H2,1-11H3,(H,35,43)(H,36,46)(H,37,47)(H,38,42)(H,39,48)(H,44,45);10-12,35H,3-9,13-15H2,1-2H3;2,5,7-8,11,19-21H,1,3-4H2,(H3,14,15,16,22);/t22-,23-,24-,25-,26-,30-,31-;28-;5-,7-,8-,11-;/m001./s1. The van der Waals surface area contributed by atoms with Crippen LogP contribution in [0.4, 0.5) is 5.95 Å². The van der Waals surface area contributed by atoms with E-state index < -0.39 is 139 Å². The number of carbonyl (C=O) groups is 7. The van der Waals surface area contributed by atoms with Crippen LogP contribution in [0.25, 0.3) is 33.5 Å². The molecule has 1 aromatic carbocycles. The Labute approximate surface area is 671 Å². The van der Waals surface area contributed by atoms with E-state index in [2.05, 4.69) is 60.0 Å². The second kappa shape index (κ2) is 39.2. The van der Waals surface area contributed by atoms with Gasteiger partial charge in [-0.25, -0.2) is 19.1 Å². The third-order valence-electron chi connectivity index (χ3n) is 20.1. The first-order chi connectivity index (χ1) is 51.8. The smallest absolute Gasteiger partial charge is 0.343 e. The molecular weight excluding hydrogens is 1610 g/mol. The fraction of sp³-hybridized carbons (Fsp3) is 0.627. The molecule has 10 rings (SSSR count). The molecule has 15 N–H and O–H groups in total. The Kier molecular flexibility index (Phi) is 31.9. The maximum atomic E-state index is 13.7. The number of pyridine rings is 2. The number of benzene rings is 1. The van der Waals surface area contributed by atoms with E-state index in [-0.39, 0.29) is 121 Å². The summed E-state index contributed by atoms with van der Waals surface area (Å²) in [6.45, 7) is 30.3. The van der Waals surface area contributed by atoms with Crippen LogP contribution in [-0.4, -0.2) is 229 Å². The summed E-state index contributed by atoms with van der Waals surface area (Å²) < 4.78 is 26.1. The van der Waals surface area contributed by atoms with Crippen LogP contribution in [0.15, 0.2) is 45.2 Å². The second-order valence-electron chi connectivity index (χ2n) is 30.8. The van der Waals surface area contributed by atoms with Crippen molar-refractivity contribution in [2.75, 3.05) is 58.8 Å². The first-order valence-corrected chi connectivity index (χ1v) is 37.5. The number of anilines is 1. The minimum absolute atomic E-state index is 0. The van der Waals surface area contributed by atoms with E-state index in [0.29, 0.717) is 66.6 Å². The van der Waals surface area contributed by atoms with Crippen molar-refractivity contribution in [1.82, 2.24) is 65.0 Å². The van der Waals surface area contributed by atoms with E-state index in [1.807, 2.05) is 53.7 Å². The third-order valence-corrected chi connectivity index (χ3v) is 20.1. The molecule has 12 atom stereocenters. The van der Waals surface area contributed by atoms with Gasteiger partial charge in [-0.15, -0.1) is 6.58 Å².